The van der Waals surface area contributed by atoms with Gasteiger partial charge in [0.05, 0.1) is 16.8 Å². The summed E-state index contributed by atoms with van der Waals surface area (Å²) in [5.41, 5.74) is 1.53. The van der Waals surface area contributed by atoms with E-state index in [9.17, 15) is 13.5 Å². The van der Waals surface area contributed by atoms with Crippen molar-refractivity contribution in [1.29, 1.82) is 0 Å². The molecule has 0 saturated carbocycles. The summed E-state index contributed by atoms with van der Waals surface area (Å²) < 4.78 is 23.1. The van der Waals surface area contributed by atoms with Crippen LogP contribution < -0.4 is 0 Å². The minimum Gasteiger partial charge on any atom is -0.389 e. The van der Waals surface area contributed by atoms with Crippen LogP contribution in [0.15, 0.2) is 23.1 Å². The van der Waals surface area contributed by atoms with Gasteiger partial charge in [-0.25, -0.2) is 8.42 Å². The summed E-state index contributed by atoms with van der Waals surface area (Å²) in [5.74, 6) is 0.200. The van der Waals surface area contributed by atoms with Crippen LogP contribution in [0, 0.1) is 0 Å². The van der Waals surface area contributed by atoms with E-state index >= 15 is 0 Å². The number of aliphatic hydroxyl groups is 1. The summed E-state index contributed by atoms with van der Waals surface area (Å²) in [6.07, 6.45) is -0.0197. The molecule has 0 spiro atoms. The van der Waals surface area contributed by atoms with E-state index in [-0.39, 0.29) is 5.75 Å². The molecule has 0 amide bonds. The standard InChI is InChI=1S/C10H12O3S/c1-7(11)9-3-2-8-4-5-14(12,13)10(8)6-9/h2-3,6-7,11H,4-5H2,1H3. The predicted molar refractivity (Wildman–Crippen MR) is 52.8 cm³/mol. The quantitative estimate of drug-likeness (QED) is 0.757. The number of sulfone groups is 1. The molecule has 76 valence electrons. The molecule has 0 saturated heterocycles. The van der Waals surface area contributed by atoms with E-state index < -0.39 is 15.9 Å². The SMILES string of the molecule is CC(O)c1ccc2c(c1)S(=O)(=O)CC2. The maximum atomic E-state index is 11.5. The number of hydrogen-bond acceptors (Lipinski definition) is 3. The zero-order valence-corrected chi connectivity index (χ0v) is 8.71. The van der Waals surface area contributed by atoms with Gasteiger partial charge in [0.2, 0.25) is 0 Å². The van der Waals surface area contributed by atoms with Crippen molar-refractivity contribution in [2.75, 3.05) is 5.75 Å². The van der Waals surface area contributed by atoms with E-state index in [2.05, 4.69) is 0 Å². The van der Waals surface area contributed by atoms with Gasteiger partial charge in [0.1, 0.15) is 0 Å². The molecular formula is C10H12O3S. The molecule has 1 aliphatic rings. The zero-order valence-electron chi connectivity index (χ0n) is 7.90. The van der Waals surface area contributed by atoms with Gasteiger partial charge < -0.3 is 5.11 Å². The van der Waals surface area contributed by atoms with Crippen LogP contribution in [0.4, 0.5) is 0 Å². The Kier molecular flexibility index (Phi) is 2.12. The van der Waals surface area contributed by atoms with Crippen molar-refractivity contribution >= 4 is 9.84 Å². The van der Waals surface area contributed by atoms with Gasteiger partial charge in [0, 0.05) is 0 Å². The van der Waals surface area contributed by atoms with Crippen LogP contribution in [-0.4, -0.2) is 19.3 Å². The van der Waals surface area contributed by atoms with E-state index in [1.54, 1.807) is 25.1 Å². The Balaban J connectivity index is 2.60. The van der Waals surface area contributed by atoms with Crippen molar-refractivity contribution in [3.05, 3.63) is 29.3 Å². The first-order valence-electron chi connectivity index (χ1n) is 4.54. The number of benzene rings is 1. The summed E-state index contributed by atoms with van der Waals surface area (Å²) in [6.45, 7) is 1.63. The lowest BCUT2D eigenvalue weighted by Gasteiger charge is -2.06. The highest BCUT2D eigenvalue weighted by molar-refractivity contribution is 7.91. The Hall–Kier alpha value is -0.870. The molecule has 1 aromatic rings. The molecule has 0 aliphatic carbocycles. The number of aryl methyl sites for hydroxylation is 1. The largest absolute Gasteiger partial charge is 0.389 e. The summed E-state index contributed by atoms with van der Waals surface area (Å²) >= 11 is 0. The molecule has 1 atom stereocenters. The molecule has 14 heavy (non-hydrogen) atoms. The summed E-state index contributed by atoms with van der Waals surface area (Å²) in [4.78, 5) is 0.399. The average molecular weight is 212 g/mol. The Morgan fingerprint density at radius 1 is 1.43 bits per heavy atom. The molecule has 0 fully saturated rings. The Bertz CT molecular complexity index is 460. The first-order valence-corrected chi connectivity index (χ1v) is 6.19. The molecule has 3 nitrogen and oxygen atoms in total. The normalized spacial score (nSPS) is 20.4. The van der Waals surface area contributed by atoms with Crippen molar-refractivity contribution in [1.82, 2.24) is 0 Å². The van der Waals surface area contributed by atoms with E-state index in [4.69, 9.17) is 0 Å². The number of aliphatic hydroxyl groups excluding tert-OH is 1. The second-order valence-electron chi connectivity index (χ2n) is 3.61. The maximum absolute atomic E-state index is 11.5. The Morgan fingerprint density at radius 2 is 2.14 bits per heavy atom. The molecule has 1 unspecified atom stereocenters. The molecule has 0 bridgehead atoms. The van der Waals surface area contributed by atoms with Crippen molar-refractivity contribution in [2.24, 2.45) is 0 Å². The third kappa shape index (κ3) is 1.44. The van der Waals surface area contributed by atoms with E-state index in [1.807, 2.05) is 0 Å². The van der Waals surface area contributed by atoms with Crippen LogP contribution in [-0.2, 0) is 16.3 Å². The van der Waals surface area contributed by atoms with Crippen molar-refractivity contribution < 1.29 is 13.5 Å². The van der Waals surface area contributed by atoms with E-state index in [0.717, 1.165) is 5.56 Å². The van der Waals surface area contributed by atoms with Gasteiger partial charge >= 0.3 is 0 Å². The van der Waals surface area contributed by atoms with Crippen LogP contribution in [0.3, 0.4) is 0 Å². The highest BCUT2D eigenvalue weighted by Crippen LogP contribution is 2.28. The number of fused-ring (bicyclic) bond motifs is 1. The van der Waals surface area contributed by atoms with Crippen LogP contribution in [0.2, 0.25) is 0 Å². The highest BCUT2D eigenvalue weighted by Gasteiger charge is 2.26. The van der Waals surface area contributed by atoms with Crippen molar-refractivity contribution in [3.8, 4) is 0 Å². The zero-order chi connectivity index (χ0) is 10.3. The van der Waals surface area contributed by atoms with Gasteiger partial charge in [-0.05, 0) is 30.5 Å². The van der Waals surface area contributed by atoms with Crippen LogP contribution in [0.25, 0.3) is 0 Å². The second kappa shape index (κ2) is 3.07. The molecule has 0 aromatic heterocycles. The van der Waals surface area contributed by atoms with Crippen LogP contribution in [0.1, 0.15) is 24.2 Å². The first kappa shape index (κ1) is 9.68. The lowest BCUT2D eigenvalue weighted by Crippen LogP contribution is -2.00. The van der Waals surface area contributed by atoms with Gasteiger partial charge in [-0.15, -0.1) is 0 Å². The fourth-order valence-electron chi connectivity index (χ4n) is 1.68. The van der Waals surface area contributed by atoms with Gasteiger partial charge in [-0.2, -0.15) is 0 Å². The fourth-order valence-corrected chi connectivity index (χ4v) is 3.28. The summed E-state index contributed by atoms with van der Waals surface area (Å²) in [7, 11) is -3.07. The summed E-state index contributed by atoms with van der Waals surface area (Å²) in [5, 5.41) is 9.33. The van der Waals surface area contributed by atoms with Crippen LogP contribution in [0.5, 0.6) is 0 Å². The molecular weight excluding hydrogens is 200 g/mol. The lowest BCUT2D eigenvalue weighted by atomic mass is 10.1. The molecule has 0 radical (unpaired) electrons. The average Bonchev–Trinajstić information content (AvgIpc) is 2.42. The summed E-state index contributed by atoms with van der Waals surface area (Å²) in [6, 6.07) is 5.16. The molecule has 4 heteroatoms. The van der Waals surface area contributed by atoms with Gasteiger partial charge in [-0.3, -0.25) is 0 Å². The first-order chi connectivity index (χ1) is 6.50. The fraction of sp³-hybridized carbons (Fsp3) is 0.400. The van der Waals surface area contributed by atoms with Crippen LogP contribution >= 0.6 is 0 Å². The third-order valence-electron chi connectivity index (χ3n) is 2.55. The van der Waals surface area contributed by atoms with Gasteiger partial charge in [-0.1, -0.05) is 12.1 Å². The van der Waals surface area contributed by atoms with Gasteiger partial charge in [0.15, 0.2) is 9.84 Å². The Morgan fingerprint density at radius 3 is 2.79 bits per heavy atom. The minimum absolute atomic E-state index is 0.200. The Labute approximate surface area is 83.3 Å². The van der Waals surface area contributed by atoms with E-state index in [0.29, 0.717) is 16.9 Å². The van der Waals surface area contributed by atoms with Crippen molar-refractivity contribution in [3.63, 3.8) is 0 Å². The molecule has 1 N–H and O–H groups in total. The predicted octanol–water partition coefficient (Wildman–Crippen LogP) is 1.07. The molecule has 1 aliphatic heterocycles. The van der Waals surface area contributed by atoms with Crippen molar-refractivity contribution in [2.45, 2.75) is 24.3 Å². The minimum atomic E-state index is -3.07. The molecule has 1 heterocycles. The third-order valence-corrected chi connectivity index (χ3v) is 4.34. The topological polar surface area (TPSA) is 54.4 Å². The monoisotopic (exact) mass is 212 g/mol. The van der Waals surface area contributed by atoms with Gasteiger partial charge in [0.25, 0.3) is 0 Å². The second-order valence-corrected chi connectivity index (χ2v) is 5.69. The maximum Gasteiger partial charge on any atom is 0.178 e. The molecule has 1 aromatic carbocycles. The number of hydrogen-bond donors (Lipinski definition) is 1. The molecule has 2 rings (SSSR count). The van der Waals surface area contributed by atoms with E-state index in [1.165, 1.54) is 0 Å². The lowest BCUT2D eigenvalue weighted by molar-refractivity contribution is 0.199. The number of rotatable bonds is 1. The highest BCUT2D eigenvalue weighted by atomic mass is 32.2. The smallest absolute Gasteiger partial charge is 0.178 e.